The lowest BCUT2D eigenvalue weighted by Gasteiger charge is -2.32. The molecular formula is C21H25FN4O3. The minimum atomic E-state index is -0.487. The molecule has 2 amide bonds. The van der Waals surface area contributed by atoms with Crippen molar-refractivity contribution in [3.8, 4) is 0 Å². The number of carbonyl (C=O) groups is 2. The molecule has 1 N–H and O–H groups in total. The second kappa shape index (κ2) is 8.32. The van der Waals surface area contributed by atoms with E-state index in [0.29, 0.717) is 26.3 Å². The zero-order chi connectivity index (χ0) is 20.4. The molecule has 1 aromatic carbocycles. The summed E-state index contributed by atoms with van der Waals surface area (Å²) in [4.78, 5) is 26.2. The molecule has 0 spiro atoms. The Kier molecular flexibility index (Phi) is 5.62. The fourth-order valence-corrected chi connectivity index (χ4v) is 4.17. The number of nitrogens with one attached hydrogen (secondary N) is 1. The summed E-state index contributed by atoms with van der Waals surface area (Å²) in [6, 6.07) is 6.09. The number of amides is 2. The van der Waals surface area contributed by atoms with Crippen LogP contribution in [0.2, 0.25) is 0 Å². The minimum Gasteiger partial charge on any atom is -0.376 e. The number of likely N-dealkylation sites (N-methyl/N-ethyl adjacent to an activating group) is 1. The van der Waals surface area contributed by atoms with Gasteiger partial charge >= 0.3 is 0 Å². The van der Waals surface area contributed by atoms with Crippen molar-refractivity contribution in [2.24, 2.45) is 0 Å². The van der Waals surface area contributed by atoms with Crippen molar-refractivity contribution >= 4 is 11.8 Å². The van der Waals surface area contributed by atoms with E-state index in [2.05, 4.69) is 5.32 Å². The number of ether oxygens (including phenoxy) is 1. The van der Waals surface area contributed by atoms with Crippen LogP contribution in [0.4, 0.5) is 4.39 Å². The molecule has 29 heavy (non-hydrogen) atoms. The number of hydrogen-bond acceptors (Lipinski definition) is 4. The molecule has 1 saturated heterocycles. The van der Waals surface area contributed by atoms with Gasteiger partial charge in [-0.2, -0.15) is 5.10 Å². The van der Waals surface area contributed by atoms with Crippen molar-refractivity contribution < 1.29 is 18.7 Å². The van der Waals surface area contributed by atoms with Gasteiger partial charge in [0.15, 0.2) is 0 Å². The Bertz CT molecular complexity index is 919. The molecule has 4 rings (SSSR count). The molecule has 0 bridgehead atoms. The van der Waals surface area contributed by atoms with Crippen LogP contribution in [0, 0.1) is 5.82 Å². The summed E-state index contributed by atoms with van der Waals surface area (Å²) in [7, 11) is 1.62. The van der Waals surface area contributed by atoms with Crippen molar-refractivity contribution in [1.82, 2.24) is 20.0 Å². The predicted octanol–water partition coefficient (Wildman–Crippen LogP) is 1.86. The van der Waals surface area contributed by atoms with Crippen LogP contribution in [0.1, 0.15) is 46.1 Å². The highest BCUT2D eigenvalue weighted by atomic mass is 19.1. The third-order valence-corrected chi connectivity index (χ3v) is 5.77. The number of piperidine rings is 1. The molecule has 7 nitrogen and oxygen atoms in total. The SMILES string of the molecule is CNC(=O)Cn1nc(C2CCN(C(=O)c3ccccc3F)CC2)c2c1CCOC2. The number of rotatable bonds is 4. The predicted molar refractivity (Wildman–Crippen MR) is 104 cm³/mol. The monoisotopic (exact) mass is 400 g/mol. The molecular weight excluding hydrogens is 375 g/mol. The largest absolute Gasteiger partial charge is 0.376 e. The second-order valence-corrected chi connectivity index (χ2v) is 7.49. The first-order valence-corrected chi connectivity index (χ1v) is 9.99. The normalized spacial score (nSPS) is 17.1. The Morgan fingerprint density at radius 1 is 1.28 bits per heavy atom. The Labute approximate surface area is 168 Å². The maximum Gasteiger partial charge on any atom is 0.256 e. The van der Waals surface area contributed by atoms with Crippen molar-refractivity contribution in [3.05, 3.63) is 52.6 Å². The van der Waals surface area contributed by atoms with Gasteiger partial charge in [0.05, 0.1) is 24.5 Å². The number of fused-ring (bicyclic) bond motifs is 1. The summed E-state index contributed by atoms with van der Waals surface area (Å²) in [6.07, 6.45) is 2.25. The lowest BCUT2D eigenvalue weighted by Crippen LogP contribution is -2.38. The van der Waals surface area contributed by atoms with Gasteiger partial charge in [-0.15, -0.1) is 0 Å². The van der Waals surface area contributed by atoms with Crippen LogP contribution < -0.4 is 5.32 Å². The van der Waals surface area contributed by atoms with Gasteiger partial charge in [-0.1, -0.05) is 12.1 Å². The summed E-state index contributed by atoms with van der Waals surface area (Å²) >= 11 is 0. The zero-order valence-corrected chi connectivity index (χ0v) is 16.5. The van der Waals surface area contributed by atoms with E-state index in [1.807, 2.05) is 0 Å². The van der Waals surface area contributed by atoms with Crippen molar-refractivity contribution in [2.45, 2.75) is 38.3 Å². The number of nitrogens with zero attached hydrogens (tertiary/aromatic N) is 3. The Morgan fingerprint density at radius 2 is 2.03 bits per heavy atom. The molecule has 0 radical (unpaired) electrons. The van der Waals surface area contributed by atoms with E-state index in [1.54, 1.807) is 28.8 Å². The molecule has 0 atom stereocenters. The van der Waals surface area contributed by atoms with E-state index in [0.717, 1.165) is 36.2 Å². The summed E-state index contributed by atoms with van der Waals surface area (Å²) in [6.45, 7) is 2.43. The maximum absolute atomic E-state index is 14.0. The van der Waals surface area contributed by atoms with E-state index >= 15 is 0 Å². The third kappa shape index (κ3) is 3.89. The van der Waals surface area contributed by atoms with Crippen molar-refractivity contribution in [2.75, 3.05) is 26.7 Å². The van der Waals surface area contributed by atoms with Gasteiger partial charge in [0.1, 0.15) is 12.4 Å². The topological polar surface area (TPSA) is 76.5 Å². The highest BCUT2D eigenvalue weighted by Gasteiger charge is 2.31. The van der Waals surface area contributed by atoms with E-state index < -0.39 is 5.82 Å². The molecule has 154 valence electrons. The molecule has 2 aliphatic heterocycles. The number of carbonyl (C=O) groups excluding carboxylic acids is 2. The highest BCUT2D eigenvalue weighted by molar-refractivity contribution is 5.94. The van der Waals surface area contributed by atoms with Crippen LogP contribution in [0.3, 0.4) is 0 Å². The van der Waals surface area contributed by atoms with Gasteiger partial charge in [0.25, 0.3) is 5.91 Å². The van der Waals surface area contributed by atoms with Gasteiger partial charge in [0, 0.05) is 43.7 Å². The number of halogens is 1. The van der Waals surface area contributed by atoms with Crippen molar-refractivity contribution in [3.63, 3.8) is 0 Å². The number of aromatic nitrogens is 2. The van der Waals surface area contributed by atoms with E-state index in [9.17, 15) is 14.0 Å². The molecule has 0 saturated carbocycles. The first-order valence-electron chi connectivity index (χ1n) is 9.99. The average Bonchev–Trinajstić information content (AvgIpc) is 3.12. The number of likely N-dealkylation sites (tertiary alicyclic amines) is 1. The van der Waals surface area contributed by atoms with Gasteiger partial charge in [-0.05, 0) is 25.0 Å². The molecule has 3 heterocycles. The van der Waals surface area contributed by atoms with Gasteiger partial charge in [0.2, 0.25) is 5.91 Å². The summed E-state index contributed by atoms with van der Waals surface area (Å²) in [5.74, 6) is -0.643. The quantitative estimate of drug-likeness (QED) is 0.850. The smallest absolute Gasteiger partial charge is 0.256 e. The standard InChI is InChI=1S/C21H25FN4O3/c1-23-19(27)12-26-18-8-11-29-13-16(18)20(24-26)14-6-9-25(10-7-14)21(28)15-4-2-3-5-17(15)22/h2-5,14H,6-13H2,1H3,(H,23,27). The van der Waals surface area contributed by atoms with E-state index in [1.165, 1.54) is 12.1 Å². The first-order chi connectivity index (χ1) is 14.1. The number of benzene rings is 1. The molecule has 2 aliphatic rings. The van der Waals surface area contributed by atoms with Crippen LogP contribution >= 0.6 is 0 Å². The Morgan fingerprint density at radius 3 is 2.76 bits per heavy atom. The van der Waals surface area contributed by atoms with Crippen molar-refractivity contribution in [1.29, 1.82) is 0 Å². The maximum atomic E-state index is 14.0. The molecule has 0 unspecified atom stereocenters. The van der Waals surface area contributed by atoms with E-state index in [4.69, 9.17) is 9.84 Å². The second-order valence-electron chi connectivity index (χ2n) is 7.49. The molecule has 0 aliphatic carbocycles. The summed E-state index contributed by atoms with van der Waals surface area (Å²) < 4.78 is 21.4. The molecule has 1 aromatic heterocycles. The average molecular weight is 400 g/mol. The third-order valence-electron chi connectivity index (χ3n) is 5.77. The fraction of sp³-hybridized carbons (Fsp3) is 0.476. The first kappa shape index (κ1) is 19.6. The fourth-order valence-electron chi connectivity index (χ4n) is 4.17. The Balaban J connectivity index is 1.49. The van der Waals surface area contributed by atoms with E-state index in [-0.39, 0.29) is 29.8 Å². The molecule has 8 heteroatoms. The lowest BCUT2D eigenvalue weighted by atomic mass is 9.90. The Hall–Kier alpha value is -2.74. The van der Waals surface area contributed by atoms with Gasteiger partial charge < -0.3 is 15.0 Å². The molecule has 2 aromatic rings. The minimum absolute atomic E-state index is 0.0846. The van der Waals surface area contributed by atoms with Crippen LogP contribution in [-0.4, -0.2) is 53.2 Å². The van der Waals surface area contributed by atoms with Crippen LogP contribution in [-0.2, 0) is 29.1 Å². The summed E-state index contributed by atoms with van der Waals surface area (Å²) in [5, 5.41) is 7.40. The molecule has 1 fully saturated rings. The van der Waals surface area contributed by atoms with Crippen LogP contribution in [0.25, 0.3) is 0 Å². The van der Waals surface area contributed by atoms with Gasteiger partial charge in [-0.25, -0.2) is 4.39 Å². The highest BCUT2D eigenvalue weighted by Crippen LogP contribution is 2.33. The van der Waals surface area contributed by atoms with Gasteiger partial charge in [-0.3, -0.25) is 14.3 Å². The number of hydrogen-bond donors (Lipinski definition) is 1. The van der Waals surface area contributed by atoms with Crippen LogP contribution in [0.5, 0.6) is 0 Å². The van der Waals surface area contributed by atoms with Crippen LogP contribution in [0.15, 0.2) is 24.3 Å². The zero-order valence-electron chi connectivity index (χ0n) is 16.5. The summed E-state index contributed by atoms with van der Waals surface area (Å²) in [5.41, 5.74) is 3.24. The lowest BCUT2D eigenvalue weighted by molar-refractivity contribution is -0.121.